The van der Waals surface area contributed by atoms with E-state index in [0.717, 1.165) is 16.3 Å². The quantitative estimate of drug-likeness (QED) is 0.850. The van der Waals surface area contributed by atoms with Crippen LogP contribution >= 0.6 is 23.7 Å². The molecule has 0 aliphatic heterocycles. The topological polar surface area (TPSA) is 77.2 Å². The summed E-state index contributed by atoms with van der Waals surface area (Å²) in [6.07, 6.45) is 0.702. The van der Waals surface area contributed by atoms with Gasteiger partial charge in [-0.3, -0.25) is 4.79 Å². The standard InChI is InChI=1S/C14H17N3O2S.ClH/c1-19-11-4-2-3-10(7-11)8-16-14(18)12-9-20-13(17-12)5-6-15;/h2-4,7,9H,5-6,8,15H2,1H3,(H,16,18);1H. The van der Waals surface area contributed by atoms with Crippen LogP contribution in [0.5, 0.6) is 5.75 Å². The number of halogens is 1. The van der Waals surface area contributed by atoms with Crippen molar-refractivity contribution in [3.63, 3.8) is 0 Å². The van der Waals surface area contributed by atoms with Crippen molar-refractivity contribution < 1.29 is 9.53 Å². The van der Waals surface area contributed by atoms with Gasteiger partial charge < -0.3 is 15.8 Å². The summed E-state index contributed by atoms with van der Waals surface area (Å²) in [4.78, 5) is 16.2. The van der Waals surface area contributed by atoms with Crippen LogP contribution in [0, 0.1) is 0 Å². The van der Waals surface area contributed by atoms with Crippen molar-refractivity contribution in [2.24, 2.45) is 5.73 Å². The molecule has 0 aliphatic rings. The maximum absolute atomic E-state index is 12.0. The van der Waals surface area contributed by atoms with Crippen LogP contribution in [0.2, 0.25) is 0 Å². The Hall–Kier alpha value is -1.63. The molecule has 7 heteroatoms. The number of carbonyl (C=O) groups is 1. The van der Waals surface area contributed by atoms with Crippen LogP contribution in [0.15, 0.2) is 29.6 Å². The van der Waals surface area contributed by atoms with E-state index in [0.29, 0.717) is 25.2 Å². The second kappa shape index (κ2) is 8.61. The number of nitrogens with two attached hydrogens (primary N) is 1. The molecule has 1 amide bonds. The second-order valence-electron chi connectivity index (χ2n) is 4.20. The zero-order chi connectivity index (χ0) is 14.4. The van der Waals surface area contributed by atoms with Gasteiger partial charge in [-0.1, -0.05) is 12.1 Å². The minimum absolute atomic E-state index is 0. The van der Waals surface area contributed by atoms with E-state index in [1.165, 1.54) is 11.3 Å². The summed E-state index contributed by atoms with van der Waals surface area (Å²) >= 11 is 1.46. The first-order valence-corrected chi connectivity index (χ1v) is 7.16. The molecule has 5 nitrogen and oxygen atoms in total. The first-order valence-electron chi connectivity index (χ1n) is 6.28. The molecule has 0 bridgehead atoms. The number of thiazole rings is 1. The number of ether oxygens (including phenoxy) is 1. The Bertz CT molecular complexity index is 589. The van der Waals surface area contributed by atoms with E-state index >= 15 is 0 Å². The van der Waals surface area contributed by atoms with Crippen LogP contribution in [0.25, 0.3) is 0 Å². The molecule has 0 atom stereocenters. The normalized spacial score (nSPS) is 9.81. The third-order valence-corrected chi connectivity index (χ3v) is 3.64. The molecule has 114 valence electrons. The number of carbonyl (C=O) groups excluding carboxylic acids is 1. The van der Waals surface area contributed by atoms with Gasteiger partial charge in [-0.25, -0.2) is 4.98 Å². The molecule has 0 saturated heterocycles. The molecule has 0 aliphatic carbocycles. The molecule has 0 fully saturated rings. The summed E-state index contributed by atoms with van der Waals surface area (Å²) in [6, 6.07) is 7.58. The van der Waals surface area contributed by atoms with E-state index in [9.17, 15) is 4.79 Å². The highest BCUT2D eigenvalue weighted by Crippen LogP contribution is 2.13. The van der Waals surface area contributed by atoms with Crippen LogP contribution in [-0.4, -0.2) is 24.5 Å². The highest BCUT2D eigenvalue weighted by Gasteiger charge is 2.10. The summed E-state index contributed by atoms with van der Waals surface area (Å²) in [6.45, 7) is 0.984. The number of hydrogen-bond acceptors (Lipinski definition) is 5. The lowest BCUT2D eigenvalue weighted by Gasteiger charge is -2.05. The largest absolute Gasteiger partial charge is 0.497 e. The molecule has 0 spiro atoms. The van der Waals surface area contributed by atoms with Crippen molar-refractivity contribution in [2.45, 2.75) is 13.0 Å². The van der Waals surface area contributed by atoms with Gasteiger partial charge in [0.15, 0.2) is 0 Å². The second-order valence-corrected chi connectivity index (χ2v) is 5.14. The summed E-state index contributed by atoms with van der Waals surface area (Å²) in [5, 5.41) is 5.48. The van der Waals surface area contributed by atoms with Gasteiger partial charge in [0, 0.05) is 18.3 Å². The third kappa shape index (κ3) is 5.00. The number of benzene rings is 1. The van der Waals surface area contributed by atoms with Crippen LogP contribution < -0.4 is 15.8 Å². The molecule has 3 N–H and O–H groups in total. The summed E-state index contributed by atoms with van der Waals surface area (Å²) in [5.74, 6) is 0.600. The molecule has 1 aromatic carbocycles. The minimum atomic E-state index is -0.174. The number of rotatable bonds is 6. The molecule has 21 heavy (non-hydrogen) atoms. The first kappa shape index (κ1) is 17.4. The van der Waals surface area contributed by atoms with Gasteiger partial charge in [-0.2, -0.15) is 0 Å². The average molecular weight is 328 g/mol. The Kier molecular flexibility index (Phi) is 7.14. The number of methoxy groups -OCH3 is 1. The number of hydrogen-bond donors (Lipinski definition) is 2. The van der Waals surface area contributed by atoms with Crippen LogP contribution in [0.3, 0.4) is 0 Å². The molecule has 1 aromatic heterocycles. The highest BCUT2D eigenvalue weighted by molar-refractivity contribution is 7.09. The lowest BCUT2D eigenvalue weighted by atomic mass is 10.2. The van der Waals surface area contributed by atoms with Crippen molar-refractivity contribution >= 4 is 29.7 Å². The third-order valence-electron chi connectivity index (χ3n) is 2.73. The van der Waals surface area contributed by atoms with Gasteiger partial charge in [0.05, 0.1) is 12.1 Å². The van der Waals surface area contributed by atoms with Crippen molar-refractivity contribution in [1.82, 2.24) is 10.3 Å². The van der Waals surface area contributed by atoms with Crippen LogP contribution in [0.1, 0.15) is 21.1 Å². The van der Waals surface area contributed by atoms with Crippen molar-refractivity contribution in [2.75, 3.05) is 13.7 Å². The fourth-order valence-corrected chi connectivity index (χ4v) is 2.50. The van der Waals surface area contributed by atoms with E-state index in [2.05, 4.69) is 10.3 Å². The molecular weight excluding hydrogens is 310 g/mol. The van der Waals surface area contributed by atoms with E-state index in [1.54, 1.807) is 12.5 Å². The maximum atomic E-state index is 12.0. The molecule has 0 radical (unpaired) electrons. The van der Waals surface area contributed by atoms with Crippen LogP contribution in [0.4, 0.5) is 0 Å². The number of amides is 1. The highest BCUT2D eigenvalue weighted by atomic mass is 35.5. The average Bonchev–Trinajstić information content (AvgIpc) is 2.94. The molecule has 2 rings (SSSR count). The monoisotopic (exact) mass is 327 g/mol. The predicted octanol–water partition coefficient (Wildman–Crippen LogP) is 2.00. The zero-order valence-corrected chi connectivity index (χ0v) is 13.3. The molecule has 0 unspecified atom stereocenters. The minimum Gasteiger partial charge on any atom is -0.497 e. The van der Waals surface area contributed by atoms with Crippen molar-refractivity contribution in [1.29, 1.82) is 0 Å². The van der Waals surface area contributed by atoms with Gasteiger partial charge in [-0.05, 0) is 24.2 Å². The molecular formula is C14H18ClN3O2S. The summed E-state index contributed by atoms with van der Waals surface area (Å²) in [7, 11) is 1.62. The van der Waals surface area contributed by atoms with E-state index in [4.69, 9.17) is 10.5 Å². The number of nitrogens with zero attached hydrogens (tertiary/aromatic N) is 1. The van der Waals surface area contributed by atoms with Gasteiger partial charge in [0.2, 0.25) is 0 Å². The van der Waals surface area contributed by atoms with Gasteiger partial charge in [0.1, 0.15) is 11.4 Å². The zero-order valence-electron chi connectivity index (χ0n) is 11.7. The summed E-state index contributed by atoms with van der Waals surface area (Å²) in [5.41, 5.74) is 6.89. The van der Waals surface area contributed by atoms with Gasteiger partial charge in [0.25, 0.3) is 5.91 Å². The SMILES string of the molecule is COc1cccc(CNC(=O)c2csc(CCN)n2)c1.Cl. The number of nitrogens with one attached hydrogen (secondary N) is 1. The van der Waals surface area contributed by atoms with Crippen molar-refractivity contribution in [3.05, 3.63) is 45.9 Å². The predicted molar refractivity (Wildman–Crippen MR) is 86.3 cm³/mol. The Morgan fingerprint density at radius 2 is 2.29 bits per heavy atom. The smallest absolute Gasteiger partial charge is 0.271 e. The molecule has 0 saturated carbocycles. The van der Waals surface area contributed by atoms with E-state index in [1.807, 2.05) is 24.3 Å². The molecule has 2 aromatic rings. The fraction of sp³-hybridized carbons (Fsp3) is 0.286. The fourth-order valence-electron chi connectivity index (χ4n) is 1.71. The molecule has 1 heterocycles. The Morgan fingerprint density at radius 1 is 1.48 bits per heavy atom. The van der Waals surface area contributed by atoms with E-state index in [-0.39, 0.29) is 18.3 Å². The maximum Gasteiger partial charge on any atom is 0.271 e. The Morgan fingerprint density at radius 3 is 3.00 bits per heavy atom. The number of aromatic nitrogens is 1. The van der Waals surface area contributed by atoms with Crippen molar-refractivity contribution in [3.8, 4) is 5.75 Å². The summed E-state index contributed by atoms with van der Waals surface area (Å²) < 4.78 is 5.14. The lowest BCUT2D eigenvalue weighted by Crippen LogP contribution is -2.23. The Balaban J connectivity index is 0.00000220. The lowest BCUT2D eigenvalue weighted by molar-refractivity contribution is 0.0946. The van der Waals surface area contributed by atoms with E-state index < -0.39 is 0 Å². The first-order chi connectivity index (χ1) is 9.72. The van der Waals surface area contributed by atoms with Gasteiger partial charge >= 0.3 is 0 Å². The Labute approximate surface area is 133 Å². The van der Waals surface area contributed by atoms with Gasteiger partial charge in [-0.15, -0.1) is 23.7 Å². The van der Waals surface area contributed by atoms with Crippen LogP contribution in [-0.2, 0) is 13.0 Å².